The Morgan fingerprint density at radius 1 is 1.05 bits per heavy atom. The van der Waals surface area contributed by atoms with E-state index in [4.69, 9.17) is 16.0 Å². The molecule has 1 amide bonds. The maximum absolute atomic E-state index is 13.3. The van der Waals surface area contributed by atoms with Crippen molar-refractivity contribution in [3.8, 4) is 0 Å². The zero-order valence-electron chi connectivity index (χ0n) is 23.9. The van der Waals surface area contributed by atoms with Crippen LogP contribution >= 0.6 is 11.6 Å². The van der Waals surface area contributed by atoms with Crippen LogP contribution in [0.1, 0.15) is 73.2 Å². The lowest BCUT2D eigenvalue weighted by Gasteiger charge is -2.42. The molecule has 208 valence electrons. The first-order chi connectivity index (χ1) is 18.4. The molecule has 0 bridgehead atoms. The highest BCUT2D eigenvalue weighted by Crippen LogP contribution is 2.40. The smallest absolute Gasteiger partial charge is 0.251 e. The molecule has 1 N–H and O–H groups in total. The van der Waals surface area contributed by atoms with Crippen LogP contribution in [0.4, 0.5) is 10.1 Å². The van der Waals surface area contributed by atoms with Gasteiger partial charge in [-0.1, -0.05) is 56.6 Å². The highest BCUT2D eigenvalue weighted by atomic mass is 35.5. The minimum absolute atomic E-state index is 0.0666. The van der Waals surface area contributed by atoms with Gasteiger partial charge in [0.1, 0.15) is 5.82 Å². The van der Waals surface area contributed by atoms with Gasteiger partial charge in [0, 0.05) is 22.8 Å². The van der Waals surface area contributed by atoms with Crippen LogP contribution in [0, 0.1) is 5.82 Å². The van der Waals surface area contributed by atoms with Crippen LogP contribution in [0.25, 0.3) is 0 Å². The van der Waals surface area contributed by atoms with Crippen LogP contribution < -0.4 is 10.2 Å². The summed E-state index contributed by atoms with van der Waals surface area (Å²) >= 11 is 6.24. The summed E-state index contributed by atoms with van der Waals surface area (Å²) in [5.41, 5.74) is 5.16. The van der Waals surface area contributed by atoms with Crippen LogP contribution in [-0.2, 0) is 10.8 Å². The van der Waals surface area contributed by atoms with E-state index in [1.54, 1.807) is 0 Å². The Morgan fingerprint density at radius 3 is 2.33 bits per heavy atom. The average molecular weight is 567 g/mol. The average Bonchev–Trinajstić information content (AvgIpc) is 2.89. The molecule has 0 saturated heterocycles. The maximum atomic E-state index is 13.3. The van der Waals surface area contributed by atoms with Gasteiger partial charge >= 0.3 is 0 Å². The highest BCUT2D eigenvalue weighted by molar-refractivity contribution is 6.74. The standard InChI is InChI=1S/C32H40ClFN2O2Si/c1-22(35-31(37)24-11-16-28(34)17-12-24)25-13-18-29-26(20-25)8-7-19-36(29)30(23-9-14-27(33)15-10-23)21-38-39(5,6)32(2,3)4/h9-18,20,22,30H,7-8,19,21H2,1-6H3,(H,35,37). The Bertz CT molecular complexity index is 1290. The normalized spacial score (nSPS) is 15.4. The number of carbonyl (C=O) groups is 1. The van der Waals surface area contributed by atoms with E-state index in [-0.39, 0.29) is 28.8 Å². The van der Waals surface area contributed by atoms with Crippen molar-refractivity contribution >= 4 is 31.5 Å². The van der Waals surface area contributed by atoms with E-state index in [2.05, 4.69) is 74.4 Å². The van der Waals surface area contributed by atoms with Gasteiger partial charge in [0.25, 0.3) is 5.91 Å². The molecule has 4 rings (SSSR count). The van der Waals surface area contributed by atoms with Crippen LogP contribution in [0.2, 0.25) is 23.2 Å². The molecule has 3 aromatic rings. The largest absolute Gasteiger partial charge is 0.414 e. The molecule has 2 atom stereocenters. The number of fused-ring (bicyclic) bond motifs is 1. The second-order valence-corrected chi connectivity index (χ2v) is 17.3. The van der Waals surface area contributed by atoms with E-state index in [1.807, 2.05) is 19.1 Å². The van der Waals surface area contributed by atoms with Gasteiger partial charge in [-0.3, -0.25) is 4.79 Å². The fraction of sp³-hybridized carbons (Fsp3) is 0.406. The number of benzene rings is 3. The second-order valence-electron chi connectivity index (χ2n) is 12.0. The van der Waals surface area contributed by atoms with Gasteiger partial charge in [-0.05, 0) is 97.1 Å². The van der Waals surface area contributed by atoms with Crippen LogP contribution in [-0.4, -0.2) is 27.4 Å². The lowest BCUT2D eigenvalue weighted by atomic mass is 9.94. The lowest BCUT2D eigenvalue weighted by Crippen LogP contribution is -2.44. The minimum Gasteiger partial charge on any atom is -0.414 e. The number of halogens is 2. The quantitative estimate of drug-likeness (QED) is 0.278. The monoisotopic (exact) mass is 566 g/mol. The van der Waals surface area contributed by atoms with Crippen molar-refractivity contribution in [3.05, 3.63) is 99.8 Å². The van der Waals surface area contributed by atoms with Crippen molar-refractivity contribution in [2.24, 2.45) is 0 Å². The summed E-state index contributed by atoms with van der Waals surface area (Å²) in [5.74, 6) is -0.571. The Hall–Kier alpha value is -2.67. The molecule has 0 aliphatic carbocycles. The summed E-state index contributed by atoms with van der Waals surface area (Å²) < 4.78 is 20.0. The van der Waals surface area contributed by atoms with E-state index in [0.29, 0.717) is 12.2 Å². The van der Waals surface area contributed by atoms with Crippen LogP contribution in [0.5, 0.6) is 0 Å². The van der Waals surface area contributed by atoms with Crippen molar-refractivity contribution in [3.63, 3.8) is 0 Å². The van der Waals surface area contributed by atoms with E-state index >= 15 is 0 Å². The number of hydrogen-bond donors (Lipinski definition) is 1. The predicted octanol–water partition coefficient (Wildman–Crippen LogP) is 8.49. The zero-order chi connectivity index (χ0) is 28.4. The number of hydrogen-bond acceptors (Lipinski definition) is 3. The van der Waals surface area contributed by atoms with Gasteiger partial charge in [-0.25, -0.2) is 4.39 Å². The molecule has 1 heterocycles. The SMILES string of the molecule is CC(NC(=O)c1ccc(F)cc1)c1ccc2c(c1)CCCN2C(CO[Si](C)(C)C(C)(C)C)c1ccc(Cl)cc1. The molecule has 39 heavy (non-hydrogen) atoms. The minimum atomic E-state index is -1.95. The Kier molecular flexibility index (Phi) is 8.89. The second kappa shape index (κ2) is 11.8. The molecule has 0 aromatic heterocycles. The molecule has 0 radical (unpaired) electrons. The predicted molar refractivity (Wildman–Crippen MR) is 162 cm³/mol. The molecular weight excluding hydrogens is 527 g/mol. The number of carbonyl (C=O) groups excluding carboxylic acids is 1. The first-order valence-electron chi connectivity index (χ1n) is 13.7. The highest BCUT2D eigenvalue weighted by Gasteiger charge is 2.38. The molecule has 0 spiro atoms. The third-order valence-corrected chi connectivity index (χ3v) is 13.0. The number of nitrogens with zero attached hydrogens (tertiary/aromatic N) is 1. The Labute approximate surface area is 238 Å². The topological polar surface area (TPSA) is 41.6 Å². The van der Waals surface area contributed by atoms with Gasteiger partial charge in [-0.15, -0.1) is 0 Å². The molecular formula is C32H40ClFN2O2Si. The van der Waals surface area contributed by atoms with Crippen molar-refractivity contribution < 1.29 is 13.6 Å². The van der Waals surface area contributed by atoms with Gasteiger partial charge in [0.2, 0.25) is 0 Å². The lowest BCUT2D eigenvalue weighted by molar-refractivity contribution is 0.0940. The van der Waals surface area contributed by atoms with E-state index in [1.165, 1.54) is 41.1 Å². The third kappa shape index (κ3) is 6.92. The zero-order valence-corrected chi connectivity index (χ0v) is 25.6. The first kappa shape index (κ1) is 29.3. The first-order valence-corrected chi connectivity index (χ1v) is 17.0. The Balaban J connectivity index is 1.58. The summed E-state index contributed by atoms with van der Waals surface area (Å²) in [4.78, 5) is 15.2. The maximum Gasteiger partial charge on any atom is 0.251 e. The molecule has 1 aliphatic rings. The third-order valence-electron chi connectivity index (χ3n) is 8.25. The van der Waals surface area contributed by atoms with E-state index in [0.717, 1.165) is 30.0 Å². The summed E-state index contributed by atoms with van der Waals surface area (Å²) in [6.45, 7) is 14.9. The number of aryl methyl sites for hydroxylation is 1. The van der Waals surface area contributed by atoms with Crippen molar-refractivity contribution in [2.75, 3.05) is 18.1 Å². The molecule has 7 heteroatoms. The number of amides is 1. The molecule has 2 unspecified atom stereocenters. The fourth-order valence-corrected chi connectivity index (χ4v) is 5.89. The van der Waals surface area contributed by atoms with Crippen LogP contribution in [0.15, 0.2) is 66.7 Å². The van der Waals surface area contributed by atoms with Gasteiger partial charge in [0.05, 0.1) is 18.7 Å². The van der Waals surface area contributed by atoms with E-state index in [9.17, 15) is 9.18 Å². The number of rotatable bonds is 8. The summed E-state index contributed by atoms with van der Waals surface area (Å²) in [7, 11) is -1.95. The molecule has 0 fully saturated rings. The number of nitrogens with one attached hydrogen (secondary N) is 1. The Morgan fingerprint density at radius 2 is 1.69 bits per heavy atom. The van der Waals surface area contributed by atoms with Gasteiger partial charge in [0.15, 0.2) is 8.32 Å². The molecule has 0 saturated carbocycles. The van der Waals surface area contributed by atoms with Crippen molar-refractivity contribution in [1.29, 1.82) is 0 Å². The molecule has 3 aromatic carbocycles. The summed E-state index contributed by atoms with van der Waals surface area (Å²) in [5, 5.41) is 3.90. The summed E-state index contributed by atoms with van der Waals surface area (Å²) in [6, 6.07) is 20.1. The van der Waals surface area contributed by atoms with Crippen molar-refractivity contribution in [2.45, 2.75) is 70.8 Å². The van der Waals surface area contributed by atoms with Gasteiger partial charge < -0.3 is 14.6 Å². The number of anilines is 1. The molecule has 1 aliphatic heterocycles. The summed E-state index contributed by atoms with van der Waals surface area (Å²) in [6.07, 6.45) is 2.02. The fourth-order valence-electron chi connectivity index (χ4n) is 4.76. The van der Waals surface area contributed by atoms with Crippen LogP contribution in [0.3, 0.4) is 0 Å². The van der Waals surface area contributed by atoms with Gasteiger partial charge in [-0.2, -0.15) is 0 Å². The van der Waals surface area contributed by atoms with Crippen molar-refractivity contribution in [1.82, 2.24) is 5.32 Å². The van der Waals surface area contributed by atoms with E-state index < -0.39 is 8.32 Å². The molecule has 4 nitrogen and oxygen atoms in total.